The molecule has 66 valence electrons. The summed E-state index contributed by atoms with van der Waals surface area (Å²) in [6.45, 7) is 5.10. The highest BCUT2D eigenvalue weighted by Crippen LogP contribution is 2.07. The lowest BCUT2D eigenvalue weighted by atomic mass is 9.99. The van der Waals surface area contributed by atoms with Crippen LogP contribution in [-0.2, 0) is 4.79 Å². The summed E-state index contributed by atoms with van der Waals surface area (Å²) < 4.78 is 0. The van der Waals surface area contributed by atoms with Crippen LogP contribution in [0.2, 0.25) is 0 Å². The highest BCUT2D eigenvalue weighted by Gasteiger charge is 2.25. The Labute approximate surface area is 71.7 Å². The lowest BCUT2D eigenvalue weighted by Gasteiger charge is -2.28. The van der Waals surface area contributed by atoms with Crippen LogP contribution in [0.15, 0.2) is 0 Å². The van der Waals surface area contributed by atoms with Crippen molar-refractivity contribution in [3.8, 4) is 0 Å². The van der Waals surface area contributed by atoms with E-state index in [0.717, 1.165) is 0 Å². The minimum Gasteiger partial charge on any atom is -0.391 e. The Hall–Kier alpha value is -0.280. The normalized spacial score (nSPS) is 14.3. The van der Waals surface area contributed by atoms with Gasteiger partial charge in [-0.05, 0) is 20.8 Å². The monoisotopic (exact) mass is 179 g/mol. The highest BCUT2D eigenvalue weighted by atomic mass is 35.5. The van der Waals surface area contributed by atoms with Crippen molar-refractivity contribution in [1.29, 1.82) is 0 Å². The van der Waals surface area contributed by atoms with Gasteiger partial charge in [0, 0.05) is 0 Å². The van der Waals surface area contributed by atoms with E-state index in [9.17, 15) is 4.79 Å². The summed E-state index contributed by atoms with van der Waals surface area (Å²) >= 11 is 5.27. The quantitative estimate of drug-likeness (QED) is 0.620. The maximum Gasteiger partial charge on any atom is 0.235 e. The van der Waals surface area contributed by atoms with Gasteiger partial charge in [-0.25, -0.2) is 0 Å². The van der Waals surface area contributed by atoms with E-state index < -0.39 is 11.6 Å². The van der Waals surface area contributed by atoms with Gasteiger partial charge in [0.25, 0.3) is 0 Å². The van der Waals surface area contributed by atoms with Crippen LogP contribution in [0.4, 0.5) is 0 Å². The first kappa shape index (κ1) is 10.7. The molecule has 1 unspecified atom stereocenters. The van der Waals surface area contributed by atoms with Gasteiger partial charge in [-0.3, -0.25) is 4.79 Å². The predicted octanol–water partition coefficient (Wildman–Crippen LogP) is 0.501. The second-order valence-electron chi connectivity index (χ2n) is 3.08. The number of carbonyl (C=O) groups is 1. The third-order valence-corrected chi connectivity index (χ3v) is 1.87. The molecule has 4 heteroatoms. The minimum absolute atomic E-state index is 0.0733. The number of halogens is 1. The molecule has 0 heterocycles. The highest BCUT2D eigenvalue weighted by molar-refractivity contribution is 6.27. The van der Waals surface area contributed by atoms with Gasteiger partial charge in [0.15, 0.2) is 0 Å². The molecule has 0 saturated carbocycles. The van der Waals surface area contributed by atoms with Gasteiger partial charge in [0.05, 0.1) is 11.6 Å². The maximum absolute atomic E-state index is 10.8. The first-order chi connectivity index (χ1) is 4.90. The van der Waals surface area contributed by atoms with Crippen molar-refractivity contribution in [3.05, 3.63) is 0 Å². The molecule has 2 N–H and O–H groups in total. The fraction of sp³-hybridized carbons (Fsp3) is 0.857. The molecule has 1 atom stereocenters. The topological polar surface area (TPSA) is 49.3 Å². The zero-order valence-electron chi connectivity index (χ0n) is 7.02. The molecule has 0 aromatic heterocycles. The summed E-state index contributed by atoms with van der Waals surface area (Å²) in [5.41, 5.74) is -0.605. The molecule has 0 aromatic rings. The molecule has 11 heavy (non-hydrogen) atoms. The van der Waals surface area contributed by atoms with Gasteiger partial charge in [-0.1, -0.05) is 0 Å². The summed E-state index contributed by atoms with van der Waals surface area (Å²) in [5.74, 6) is -0.339. The zero-order valence-corrected chi connectivity index (χ0v) is 7.77. The van der Waals surface area contributed by atoms with Gasteiger partial charge in [-0.2, -0.15) is 0 Å². The molecule has 0 spiro atoms. The van der Waals surface area contributed by atoms with Gasteiger partial charge < -0.3 is 10.4 Å². The number of nitrogens with one attached hydrogen (secondary N) is 1. The van der Waals surface area contributed by atoms with E-state index in [2.05, 4.69) is 5.32 Å². The van der Waals surface area contributed by atoms with Crippen molar-refractivity contribution in [2.45, 2.75) is 32.4 Å². The lowest BCUT2D eigenvalue weighted by molar-refractivity contribution is -0.121. The Bertz CT molecular complexity index is 145. The first-order valence-electron chi connectivity index (χ1n) is 3.45. The van der Waals surface area contributed by atoms with E-state index >= 15 is 0 Å². The molecule has 0 bridgehead atoms. The molecular formula is C7H14ClNO2. The van der Waals surface area contributed by atoms with Crippen LogP contribution in [0.1, 0.15) is 20.8 Å². The standard InChI is InChI=1S/C7H14ClNO2/c1-5(10)7(2,3)9-6(11)4-8/h5,10H,4H2,1-3H3,(H,9,11). The first-order valence-corrected chi connectivity index (χ1v) is 3.98. The molecule has 0 radical (unpaired) electrons. The van der Waals surface area contributed by atoms with Crippen molar-refractivity contribution in [3.63, 3.8) is 0 Å². The molecule has 0 rings (SSSR count). The SMILES string of the molecule is CC(O)C(C)(C)NC(=O)CCl. The van der Waals surface area contributed by atoms with Crippen molar-refractivity contribution in [2.75, 3.05) is 5.88 Å². The largest absolute Gasteiger partial charge is 0.391 e. The fourth-order valence-electron chi connectivity index (χ4n) is 0.497. The van der Waals surface area contributed by atoms with E-state index in [-0.39, 0.29) is 11.8 Å². The van der Waals surface area contributed by atoms with Crippen molar-refractivity contribution in [1.82, 2.24) is 5.32 Å². The summed E-state index contributed by atoms with van der Waals surface area (Å²) in [5, 5.41) is 11.8. The Kier molecular flexibility index (Phi) is 3.83. The van der Waals surface area contributed by atoms with Crippen molar-refractivity contribution in [2.24, 2.45) is 0 Å². The number of hydrogen-bond acceptors (Lipinski definition) is 2. The Morgan fingerprint density at radius 1 is 1.73 bits per heavy atom. The lowest BCUT2D eigenvalue weighted by Crippen LogP contribution is -2.51. The molecule has 0 fully saturated rings. The molecule has 0 aliphatic rings. The minimum atomic E-state index is -0.605. The van der Waals surface area contributed by atoms with E-state index in [1.807, 2.05) is 0 Å². The summed E-state index contributed by atoms with van der Waals surface area (Å²) in [4.78, 5) is 10.8. The number of alkyl halides is 1. The van der Waals surface area contributed by atoms with Crippen LogP contribution < -0.4 is 5.32 Å². The van der Waals surface area contributed by atoms with Crippen LogP contribution >= 0.6 is 11.6 Å². The predicted molar refractivity (Wildman–Crippen MR) is 44.6 cm³/mol. The maximum atomic E-state index is 10.8. The summed E-state index contributed by atoms with van der Waals surface area (Å²) in [7, 11) is 0. The molecule has 0 saturated heterocycles. The third-order valence-electron chi connectivity index (χ3n) is 1.63. The summed E-state index contributed by atoms with van der Waals surface area (Å²) in [6, 6.07) is 0. The number of hydrogen-bond donors (Lipinski definition) is 2. The number of aliphatic hydroxyl groups is 1. The van der Waals surface area contributed by atoms with Crippen molar-refractivity contribution < 1.29 is 9.90 Å². The van der Waals surface area contributed by atoms with Crippen LogP contribution in [0.25, 0.3) is 0 Å². The Morgan fingerprint density at radius 2 is 2.18 bits per heavy atom. The number of carbonyl (C=O) groups excluding carboxylic acids is 1. The molecular weight excluding hydrogens is 166 g/mol. The smallest absolute Gasteiger partial charge is 0.235 e. The van der Waals surface area contributed by atoms with Gasteiger partial charge in [0.2, 0.25) is 5.91 Å². The molecule has 1 amide bonds. The number of aliphatic hydroxyl groups excluding tert-OH is 1. The molecule has 0 aromatic carbocycles. The molecule has 0 aliphatic heterocycles. The van der Waals surface area contributed by atoms with E-state index in [0.29, 0.717) is 0 Å². The van der Waals surface area contributed by atoms with Crippen LogP contribution in [-0.4, -0.2) is 28.5 Å². The number of rotatable bonds is 3. The second kappa shape index (κ2) is 3.93. The number of amides is 1. The molecule has 0 aliphatic carbocycles. The van der Waals surface area contributed by atoms with E-state index in [1.165, 1.54) is 0 Å². The second-order valence-corrected chi connectivity index (χ2v) is 3.35. The van der Waals surface area contributed by atoms with Crippen molar-refractivity contribution >= 4 is 17.5 Å². The molecule has 3 nitrogen and oxygen atoms in total. The average Bonchev–Trinajstić information content (AvgIpc) is 1.86. The zero-order chi connectivity index (χ0) is 9.07. The van der Waals surface area contributed by atoms with E-state index in [4.69, 9.17) is 16.7 Å². The van der Waals surface area contributed by atoms with Gasteiger partial charge in [-0.15, -0.1) is 11.6 Å². The average molecular weight is 180 g/mol. The fourth-order valence-corrected chi connectivity index (χ4v) is 0.564. The van der Waals surface area contributed by atoms with Gasteiger partial charge in [0.1, 0.15) is 5.88 Å². The van der Waals surface area contributed by atoms with Crippen LogP contribution in [0.5, 0.6) is 0 Å². The van der Waals surface area contributed by atoms with Crippen LogP contribution in [0, 0.1) is 0 Å². The Morgan fingerprint density at radius 3 is 2.45 bits per heavy atom. The van der Waals surface area contributed by atoms with Crippen LogP contribution in [0.3, 0.4) is 0 Å². The van der Waals surface area contributed by atoms with E-state index in [1.54, 1.807) is 20.8 Å². The third kappa shape index (κ3) is 3.58. The Balaban J connectivity index is 4.01. The van der Waals surface area contributed by atoms with Gasteiger partial charge >= 0.3 is 0 Å². The summed E-state index contributed by atoms with van der Waals surface area (Å²) in [6.07, 6.45) is -0.588.